The average Bonchev–Trinajstić information content (AvgIpc) is 2.00. The molecule has 5 nitrogen and oxygen atoms in total. The Bertz CT molecular complexity index is 128. The van der Waals surface area contributed by atoms with Crippen molar-refractivity contribution in [3.63, 3.8) is 0 Å². The minimum absolute atomic E-state index is 1.15. The van der Waals surface area contributed by atoms with E-state index in [0.29, 0.717) is 0 Å². The van der Waals surface area contributed by atoms with E-state index in [1.807, 2.05) is 0 Å². The molecule has 0 aromatic rings. The molecule has 4 N–H and O–H groups in total. The third kappa shape index (κ3) is 3.40. The van der Waals surface area contributed by atoms with Crippen molar-refractivity contribution >= 4 is 15.7 Å². The van der Waals surface area contributed by atoms with Crippen molar-refractivity contribution in [3.05, 3.63) is 0 Å². The predicted molar refractivity (Wildman–Crippen MR) is 36.1 cm³/mol. The van der Waals surface area contributed by atoms with Crippen molar-refractivity contribution in [1.29, 1.82) is 0 Å². The van der Waals surface area contributed by atoms with Crippen LogP contribution in [0.1, 0.15) is 6.92 Å². The van der Waals surface area contributed by atoms with Crippen LogP contribution >= 0.6 is 0 Å². The fourth-order valence-corrected chi connectivity index (χ4v) is 1.16. The van der Waals surface area contributed by atoms with Gasteiger partial charge in [0.25, 0.3) is 0 Å². The molecule has 0 bridgehead atoms. The van der Waals surface area contributed by atoms with Crippen LogP contribution in [0.4, 0.5) is 0 Å². The zero-order chi connectivity index (χ0) is 9.02. The Kier molecular flexibility index (Phi) is 5.04. The van der Waals surface area contributed by atoms with Gasteiger partial charge in [-0.1, -0.05) is 0 Å². The van der Waals surface area contributed by atoms with E-state index in [1.165, 1.54) is 6.92 Å². The molecule has 0 unspecified atom stereocenters. The van der Waals surface area contributed by atoms with Crippen LogP contribution in [0, 0.1) is 0 Å². The molecular formula is C5H11AsO5. The molecule has 0 heterocycles. The second-order valence-corrected chi connectivity index (χ2v) is 3.79. The summed E-state index contributed by atoms with van der Waals surface area (Å²) in [6, 6.07) is 0. The van der Waals surface area contributed by atoms with Crippen LogP contribution in [0.15, 0.2) is 0 Å². The Morgan fingerprint density at radius 3 is 1.82 bits per heavy atom. The summed E-state index contributed by atoms with van der Waals surface area (Å²) in [4.78, 5) is -1.43. The van der Waals surface area contributed by atoms with E-state index >= 15 is 0 Å². The normalized spacial score (nSPS) is 22.6. The van der Waals surface area contributed by atoms with Gasteiger partial charge in [0.15, 0.2) is 0 Å². The van der Waals surface area contributed by atoms with Crippen LogP contribution in [0.2, 0.25) is 0 Å². The van der Waals surface area contributed by atoms with Gasteiger partial charge in [-0.2, -0.15) is 0 Å². The zero-order valence-electron chi connectivity index (χ0n) is 5.95. The van der Waals surface area contributed by atoms with Gasteiger partial charge in [-0.05, 0) is 0 Å². The summed E-state index contributed by atoms with van der Waals surface area (Å²) in [6.45, 7) is 1.27. The van der Waals surface area contributed by atoms with E-state index < -0.39 is 38.9 Å². The van der Waals surface area contributed by atoms with E-state index in [-0.39, 0.29) is 0 Å². The van der Waals surface area contributed by atoms with Crippen molar-refractivity contribution < 1.29 is 24.2 Å². The van der Waals surface area contributed by atoms with Crippen molar-refractivity contribution in [3.8, 4) is 0 Å². The summed E-state index contributed by atoms with van der Waals surface area (Å²) in [7, 11) is 0. The molecule has 0 saturated heterocycles. The molecule has 6 heteroatoms. The molecule has 11 heavy (non-hydrogen) atoms. The zero-order valence-corrected chi connectivity index (χ0v) is 7.83. The van der Waals surface area contributed by atoms with Gasteiger partial charge in [-0.25, -0.2) is 0 Å². The first kappa shape index (κ1) is 11.2. The Labute approximate surface area is 70.6 Å². The van der Waals surface area contributed by atoms with Gasteiger partial charge < -0.3 is 0 Å². The molecule has 0 rings (SSSR count). The summed E-state index contributed by atoms with van der Waals surface area (Å²) in [6.07, 6.45) is -4.13. The molecule has 0 amide bonds. The number of rotatable bonds is 4. The first-order chi connectivity index (χ1) is 5.00. The molecule has 0 radical (unpaired) electrons. The number of aliphatic hydroxyl groups is 4. The molecular weight excluding hydrogens is 215 g/mol. The summed E-state index contributed by atoms with van der Waals surface area (Å²) in [5, 5.41) is 35.3. The second kappa shape index (κ2) is 4.95. The van der Waals surface area contributed by atoms with Gasteiger partial charge in [0.2, 0.25) is 0 Å². The van der Waals surface area contributed by atoms with Crippen molar-refractivity contribution in [2.24, 2.45) is 0 Å². The molecule has 0 aromatic carbocycles. The van der Waals surface area contributed by atoms with Crippen molar-refractivity contribution in [2.45, 2.75) is 30.1 Å². The fourth-order valence-electron chi connectivity index (χ4n) is 0.524. The van der Waals surface area contributed by atoms with Crippen LogP contribution in [0.25, 0.3) is 0 Å². The first-order valence-electron chi connectivity index (χ1n) is 3.05. The monoisotopic (exact) mass is 226 g/mol. The van der Waals surface area contributed by atoms with Crippen molar-refractivity contribution in [2.75, 3.05) is 0 Å². The summed E-state index contributed by atoms with van der Waals surface area (Å²) in [5.74, 6) is 0. The van der Waals surface area contributed by atoms with Crippen LogP contribution < -0.4 is 0 Å². The van der Waals surface area contributed by atoms with E-state index in [1.54, 1.807) is 0 Å². The minimum atomic E-state index is -1.64. The molecule has 0 aliphatic rings. The average molecular weight is 226 g/mol. The van der Waals surface area contributed by atoms with Gasteiger partial charge in [-0.3, -0.25) is 0 Å². The molecule has 0 saturated carbocycles. The quantitative estimate of drug-likeness (QED) is 0.396. The molecule has 0 spiro atoms. The maximum atomic E-state index is 10.1. The first-order valence-corrected chi connectivity index (χ1v) is 4.90. The Hall–Kier alpha value is 0.198. The molecule has 66 valence electrons. The number of hydrogen-bond donors (Lipinski definition) is 4. The molecule has 0 aliphatic carbocycles. The van der Waals surface area contributed by atoms with E-state index in [4.69, 9.17) is 20.4 Å². The second-order valence-electron chi connectivity index (χ2n) is 2.24. The fraction of sp³-hybridized carbons (Fsp3) is 1.00. The predicted octanol–water partition coefficient (Wildman–Crippen LogP) is -2.54. The van der Waals surface area contributed by atoms with Crippen molar-refractivity contribution in [1.82, 2.24) is 0 Å². The van der Waals surface area contributed by atoms with E-state index in [2.05, 4.69) is 0 Å². The standard InChI is InChI=1S/C5H11AsO5/c1-2(7)3(8)4(9)5(10)6-11/h2-5,7-10H,1H3/t2-,3+,4+,5-/m0/s1. The van der Waals surface area contributed by atoms with Crippen LogP contribution in [0.3, 0.4) is 0 Å². The topological polar surface area (TPSA) is 98.0 Å². The Morgan fingerprint density at radius 2 is 1.55 bits per heavy atom. The third-order valence-electron chi connectivity index (χ3n) is 1.26. The SMILES string of the molecule is C[C@H](O)[C@@H](O)[C@@H](O)[C@H](O)[As]=O. The third-order valence-corrected chi connectivity index (χ3v) is 2.35. The summed E-state index contributed by atoms with van der Waals surface area (Å²) >= 11 is -1.64. The maximum absolute atomic E-state index is 10.1. The van der Waals surface area contributed by atoms with E-state index in [0.717, 1.165) is 0 Å². The number of aliphatic hydroxyl groups excluding tert-OH is 4. The molecule has 0 fully saturated rings. The molecule has 0 aliphatic heterocycles. The van der Waals surface area contributed by atoms with Gasteiger partial charge in [0, 0.05) is 0 Å². The molecule has 0 aromatic heterocycles. The van der Waals surface area contributed by atoms with Crippen LogP contribution in [0.5, 0.6) is 0 Å². The van der Waals surface area contributed by atoms with Gasteiger partial charge >= 0.3 is 70.0 Å². The van der Waals surface area contributed by atoms with Crippen LogP contribution in [-0.4, -0.2) is 59.3 Å². The number of hydrogen-bond acceptors (Lipinski definition) is 5. The summed E-state index contributed by atoms with van der Waals surface area (Å²) < 4.78 is 10.1. The Balaban J connectivity index is 4.00. The summed E-state index contributed by atoms with van der Waals surface area (Å²) in [5.41, 5.74) is 0. The van der Waals surface area contributed by atoms with E-state index in [9.17, 15) is 3.74 Å². The Morgan fingerprint density at radius 1 is 1.09 bits per heavy atom. The van der Waals surface area contributed by atoms with Gasteiger partial charge in [0.05, 0.1) is 0 Å². The van der Waals surface area contributed by atoms with Gasteiger partial charge in [-0.15, -0.1) is 0 Å². The van der Waals surface area contributed by atoms with Crippen LogP contribution in [-0.2, 0) is 3.74 Å². The molecule has 4 atom stereocenters. The van der Waals surface area contributed by atoms with Gasteiger partial charge in [0.1, 0.15) is 0 Å².